The van der Waals surface area contributed by atoms with Crippen molar-refractivity contribution in [1.82, 2.24) is 0 Å². The molecule has 0 aromatic carbocycles. The topological polar surface area (TPSA) is 52.3 Å². The first-order chi connectivity index (χ1) is 3.83. The summed E-state index contributed by atoms with van der Waals surface area (Å²) >= 11 is 0. The van der Waals surface area contributed by atoms with Crippen LogP contribution >= 0.6 is 0 Å². The number of hydrogen-bond donors (Lipinski definition) is 1. The average Bonchev–Trinajstić information content (AvgIpc) is 2.50. The van der Waals surface area contributed by atoms with Crippen LogP contribution in [0.25, 0.3) is 0 Å². The molecule has 3 heteroatoms. The highest BCUT2D eigenvalue weighted by atomic mass is 16.5. The van der Waals surface area contributed by atoms with Crippen molar-refractivity contribution in [2.75, 3.05) is 6.54 Å². The van der Waals surface area contributed by atoms with E-state index in [1.54, 1.807) is 0 Å². The van der Waals surface area contributed by atoms with Gasteiger partial charge in [-0.25, -0.2) is 0 Å². The summed E-state index contributed by atoms with van der Waals surface area (Å²) in [5.41, 5.74) is 4.97. The van der Waals surface area contributed by atoms with Gasteiger partial charge in [0.2, 0.25) is 0 Å². The van der Waals surface area contributed by atoms with E-state index < -0.39 is 0 Å². The van der Waals surface area contributed by atoms with Gasteiger partial charge in [-0.15, -0.1) is 0 Å². The molecule has 0 atom stereocenters. The molecule has 1 rings (SSSR count). The first kappa shape index (κ1) is 5.56. The third-order valence-corrected chi connectivity index (χ3v) is 0.989. The average molecular weight is 115 g/mol. The molecule has 1 aliphatic rings. The van der Waals surface area contributed by atoms with E-state index in [1.165, 1.54) is 0 Å². The molecule has 46 valence electrons. The smallest absolute Gasteiger partial charge is 0.319 e. The van der Waals surface area contributed by atoms with Crippen LogP contribution in [0.3, 0.4) is 0 Å². The Morgan fingerprint density at radius 1 is 1.75 bits per heavy atom. The van der Waals surface area contributed by atoms with E-state index in [0.717, 1.165) is 12.8 Å². The summed E-state index contributed by atoms with van der Waals surface area (Å²) in [6.07, 6.45) is 2.24. The summed E-state index contributed by atoms with van der Waals surface area (Å²) < 4.78 is 4.75. The van der Waals surface area contributed by atoms with Crippen molar-refractivity contribution in [2.24, 2.45) is 5.73 Å². The third-order valence-electron chi connectivity index (χ3n) is 0.989. The van der Waals surface area contributed by atoms with Crippen LogP contribution in [-0.2, 0) is 9.53 Å². The fraction of sp³-hybridized carbons (Fsp3) is 0.800. The van der Waals surface area contributed by atoms with E-state index in [2.05, 4.69) is 0 Å². The number of carbonyl (C=O) groups excluding carboxylic acids is 1. The van der Waals surface area contributed by atoms with E-state index in [-0.39, 0.29) is 18.6 Å². The maximum atomic E-state index is 10.3. The summed E-state index contributed by atoms with van der Waals surface area (Å²) in [5, 5.41) is 0. The van der Waals surface area contributed by atoms with Gasteiger partial charge in [-0.3, -0.25) is 4.79 Å². The van der Waals surface area contributed by atoms with Gasteiger partial charge in [0, 0.05) is 0 Å². The number of rotatable bonds is 2. The van der Waals surface area contributed by atoms with E-state index in [1.807, 2.05) is 0 Å². The molecule has 0 aliphatic heterocycles. The molecular weight excluding hydrogens is 106 g/mol. The Morgan fingerprint density at radius 2 is 2.38 bits per heavy atom. The monoisotopic (exact) mass is 115 g/mol. The lowest BCUT2D eigenvalue weighted by Crippen LogP contribution is -2.17. The summed E-state index contributed by atoms with van der Waals surface area (Å²) in [4.78, 5) is 10.3. The van der Waals surface area contributed by atoms with Crippen molar-refractivity contribution in [2.45, 2.75) is 18.9 Å². The number of ether oxygens (including phenoxy) is 1. The largest absolute Gasteiger partial charge is 0.461 e. The zero-order valence-corrected chi connectivity index (χ0v) is 4.59. The van der Waals surface area contributed by atoms with Gasteiger partial charge in [-0.05, 0) is 12.8 Å². The van der Waals surface area contributed by atoms with Crippen LogP contribution in [0.1, 0.15) is 12.8 Å². The minimum absolute atomic E-state index is 0.0104. The van der Waals surface area contributed by atoms with Crippen molar-refractivity contribution in [3.8, 4) is 0 Å². The van der Waals surface area contributed by atoms with Gasteiger partial charge in [-0.1, -0.05) is 0 Å². The Labute approximate surface area is 47.8 Å². The first-order valence-corrected chi connectivity index (χ1v) is 2.72. The molecule has 1 saturated carbocycles. The van der Waals surface area contributed by atoms with Gasteiger partial charge < -0.3 is 10.5 Å². The minimum Gasteiger partial charge on any atom is -0.461 e. The molecule has 8 heavy (non-hydrogen) atoms. The van der Waals surface area contributed by atoms with Crippen LogP contribution in [0.15, 0.2) is 0 Å². The fourth-order valence-corrected chi connectivity index (χ4v) is 0.420. The van der Waals surface area contributed by atoms with E-state index in [0.29, 0.717) is 0 Å². The Bertz CT molecular complexity index is 98.6. The molecule has 1 aliphatic carbocycles. The summed E-state index contributed by atoms with van der Waals surface area (Å²) in [6.45, 7) is 0.0104. The maximum absolute atomic E-state index is 10.3. The van der Waals surface area contributed by atoms with Crippen molar-refractivity contribution in [3.63, 3.8) is 0 Å². The van der Waals surface area contributed by atoms with Crippen LogP contribution in [-0.4, -0.2) is 18.6 Å². The van der Waals surface area contributed by atoms with Gasteiger partial charge in [0.05, 0.1) is 6.54 Å². The van der Waals surface area contributed by atoms with Crippen LogP contribution in [0.5, 0.6) is 0 Å². The van der Waals surface area contributed by atoms with Crippen LogP contribution in [0.4, 0.5) is 0 Å². The third kappa shape index (κ3) is 1.50. The van der Waals surface area contributed by atoms with Crippen LogP contribution in [0.2, 0.25) is 0 Å². The SMILES string of the molecule is NCC(=O)OC1CC1. The number of hydrogen-bond acceptors (Lipinski definition) is 3. The molecule has 0 amide bonds. The van der Waals surface area contributed by atoms with Gasteiger partial charge in [0.25, 0.3) is 0 Å². The molecule has 3 nitrogen and oxygen atoms in total. The molecule has 0 radical (unpaired) electrons. The Morgan fingerprint density at radius 3 is 2.75 bits per heavy atom. The summed E-state index contributed by atoms with van der Waals surface area (Å²) in [6, 6.07) is 0. The highest BCUT2D eigenvalue weighted by Gasteiger charge is 2.24. The zero-order chi connectivity index (χ0) is 5.98. The number of nitrogens with two attached hydrogens (primary N) is 1. The highest BCUT2D eigenvalue weighted by molar-refractivity contribution is 5.71. The highest BCUT2D eigenvalue weighted by Crippen LogP contribution is 2.22. The minimum atomic E-state index is -0.285. The molecule has 0 saturated heterocycles. The van der Waals surface area contributed by atoms with E-state index >= 15 is 0 Å². The molecule has 0 bridgehead atoms. The molecule has 0 heterocycles. The Kier molecular flexibility index (Phi) is 1.48. The summed E-state index contributed by atoms with van der Waals surface area (Å²) in [5.74, 6) is -0.285. The maximum Gasteiger partial charge on any atom is 0.319 e. The Balaban J connectivity index is 2.07. The van der Waals surface area contributed by atoms with Gasteiger partial charge in [0.15, 0.2) is 0 Å². The van der Waals surface area contributed by atoms with Crippen LogP contribution in [0, 0.1) is 0 Å². The number of carbonyl (C=O) groups is 1. The van der Waals surface area contributed by atoms with Crippen LogP contribution < -0.4 is 5.73 Å². The molecular formula is C5H9NO2. The fourth-order valence-electron chi connectivity index (χ4n) is 0.420. The molecule has 1 fully saturated rings. The normalized spacial score (nSPS) is 18.1. The first-order valence-electron chi connectivity index (χ1n) is 2.72. The predicted octanol–water partition coefficient (Wildman–Crippen LogP) is -0.349. The lowest BCUT2D eigenvalue weighted by Gasteiger charge is -1.96. The molecule has 0 aromatic rings. The lowest BCUT2D eigenvalue weighted by molar-refractivity contribution is -0.143. The standard InChI is InChI=1S/C5H9NO2/c6-3-5(7)8-4-1-2-4/h4H,1-3,6H2. The van der Waals surface area contributed by atoms with Crippen molar-refractivity contribution >= 4 is 5.97 Å². The molecule has 0 unspecified atom stereocenters. The molecule has 0 aromatic heterocycles. The van der Waals surface area contributed by atoms with Crippen molar-refractivity contribution < 1.29 is 9.53 Å². The lowest BCUT2D eigenvalue weighted by atomic mass is 10.7. The predicted molar refractivity (Wildman–Crippen MR) is 28.2 cm³/mol. The second kappa shape index (κ2) is 2.13. The summed E-state index contributed by atoms with van der Waals surface area (Å²) in [7, 11) is 0. The van der Waals surface area contributed by atoms with Gasteiger partial charge in [-0.2, -0.15) is 0 Å². The number of esters is 1. The van der Waals surface area contributed by atoms with Gasteiger partial charge in [0.1, 0.15) is 6.10 Å². The Hall–Kier alpha value is -0.570. The zero-order valence-electron chi connectivity index (χ0n) is 4.59. The van der Waals surface area contributed by atoms with E-state index in [9.17, 15) is 4.79 Å². The van der Waals surface area contributed by atoms with Crippen molar-refractivity contribution in [3.05, 3.63) is 0 Å². The second-order valence-electron chi connectivity index (χ2n) is 1.89. The second-order valence-corrected chi connectivity index (χ2v) is 1.89. The van der Waals surface area contributed by atoms with Crippen molar-refractivity contribution in [1.29, 1.82) is 0 Å². The molecule has 2 N–H and O–H groups in total. The van der Waals surface area contributed by atoms with Gasteiger partial charge >= 0.3 is 5.97 Å². The van der Waals surface area contributed by atoms with E-state index in [4.69, 9.17) is 10.5 Å². The quantitative estimate of drug-likeness (QED) is 0.500. The molecule has 0 spiro atoms.